The fourth-order valence-corrected chi connectivity index (χ4v) is 6.61. The average molecular weight is 403 g/mol. The Hall–Kier alpha value is -1.75. The van der Waals surface area contributed by atoms with Gasteiger partial charge in [0.1, 0.15) is 5.60 Å². The number of fused-ring (bicyclic) bond motifs is 5. The number of hydrogen-bond donors (Lipinski definition) is 1. The second-order valence-electron chi connectivity index (χ2n) is 9.60. The Morgan fingerprint density at radius 2 is 1.93 bits per heavy atom. The topological polar surface area (TPSA) is 80.7 Å². The van der Waals surface area contributed by atoms with Crippen molar-refractivity contribution in [2.24, 2.45) is 22.7 Å². The van der Waals surface area contributed by atoms with Gasteiger partial charge in [0.15, 0.2) is 12.4 Å². The minimum absolute atomic E-state index is 0. The Morgan fingerprint density at radius 1 is 1.21 bits per heavy atom. The number of Topliss-reactive ketones (excluding diaryl/α,β-unsaturated/α-hetero) is 1. The van der Waals surface area contributed by atoms with Crippen LogP contribution in [0, 0.1) is 22.7 Å². The fraction of sp³-hybridized carbons (Fsp3) is 0.708. The van der Waals surface area contributed by atoms with E-state index in [0.717, 1.165) is 25.7 Å². The van der Waals surface area contributed by atoms with Gasteiger partial charge >= 0.3 is 5.97 Å². The van der Waals surface area contributed by atoms with Crippen molar-refractivity contribution in [1.82, 2.24) is 0 Å². The van der Waals surface area contributed by atoms with Crippen LogP contribution in [0.15, 0.2) is 23.3 Å². The zero-order valence-corrected chi connectivity index (χ0v) is 17.0. The first-order chi connectivity index (χ1) is 13.1. The standard InChI is InChI=1S/C23H30O5.CH4/c1-14(24)28-13-20(26)23(27)11-8-19-17-5-4-15-12-16(25)6-9-21(15,2)18(17)7-10-22(19,23)3;/h7,12,17,19,27H,4-6,8-11,13H2,1-3H3;1H4/t17?,19?,21-,22-,23-;/m0./s1. The maximum atomic E-state index is 12.8. The maximum Gasteiger partial charge on any atom is 0.303 e. The van der Waals surface area contributed by atoms with E-state index in [4.69, 9.17) is 4.74 Å². The van der Waals surface area contributed by atoms with Crippen LogP contribution in [0.1, 0.15) is 73.1 Å². The Kier molecular flexibility index (Phi) is 5.44. The minimum Gasteiger partial charge on any atom is -0.458 e. The molecule has 2 saturated carbocycles. The smallest absolute Gasteiger partial charge is 0.303 e. The lowest BCUT2D eigenvalue weighted by Gasteiger charge is -2.54. The molecule has 0 aliphatic heterocycles. The molecule has 0 heterocycles. The fourth-order valence-electron chi connectivity index (χ4n) is 6.61. The molecule has 29 heavy (non-hydrogen) atoms. The molecule has 0 aromatic carbocycles. The molecule has 5 nitrogen and oxygen atoms in total. The summed E-state index contributed by atoms with van der Waals surface area (Å²) in [6.07, 6.45) is 9.31. The number of carbonyl (C=O) groups is 3. The molecule has 4 aliphatic rings. The Labute approximate surface area is 173 Å². The summed E-state index contributed by atoms with van der Waals surface area (Å²) in [6.45, 7) is 5.21. The van der Waals surface area contributed by atoms with Crippen LogP contribution >= 0.6 is 0 Å². The van der Waals surface area contributed by atoms with E-state index in [1.807, 2.05) is 13.0 Å². The van der Waals surface area contributed by atoms with E-state index >= 15 is 0 Å². The van der Waals surface area contributed by atoms with Gasteiger partial charge in [0.25, 0.3) is 0 Å². The van der Waals surface area contributed by atoms with E-state index in [1.165, 1.54) is 18.1 Å². The molecule has 160 valence electrons. The van der Waals surface area contributed by atoms with Gasteiger partial charge in [-0.1, -0.05) is 38.5 Å². The molecule has 2 fully saturated rings. The lowest BCUT2D eigenvalue weighted by atomic mass is 9.50. The molecule has 5 atom stereocenters. The number of allylic oxidation sites excluding steroid dienone is 4. The van der Waals surface area contributed by atoms with Crippen molar-refractivity contribution in [2.45, 2.75) is 78.7 Å². The van der Waals surface area contributed by atoms with Gasteiger partial charge in [-0.25, -0.2) is 0 Å². The lowest BCUT2D eigenvalue weighted by Crippen LogP contribution is -2.55. The third-order valence-electron chi connectivity index (χ3n) is 8.36. The predicted octanol–water partition coefficient (Wildman–Crippen LogP) is 3.94. The number of aliphatic hydroxyl groups is 1. The Bertz CT molecular complexity index is 808. The Morgan fingerprint density at radius 3 is 2.62 bits per heavy atom. The highest BCUT2D eigenvalue weighted by Crippen LogP contribution is 2.65. The first-order valence-corrected chi connectivity index (χ1v) is 10.5. The summed E-state index contributed by atoms with van der Waals surface area (Å²) in [4.78, 5) is 35.9. The van der Waals surface area contributed by atoms with Crippen LogP contribution in [0.4, 0.5) is 0 Å². The molecule has 4 rings (SSSR count). The van der Waals surface area contributed by atoms with Gasteiger partial charge in [0.2, 0.25) is 5.78 Å². The van der Waals surface area contributed by atoms with E-state index in [1.54, 1.807) is 0 Å². The van der Waals surface area contributed by atoms with Crippen LogP contribution in [-0.4, -0.2) is 34.9 Å². The first-order valence-electron chi connectivity index (χ1n) is 10.5. The van der Waals surface area contributed by atoms with Crippen LogP contribution in [0.5, 0.6) is 0 Å². The normalized spacial score (nSPS) is 40.5. The summed E-state index contributed by atoms with van der Waals surface area (Å²) < 4.78 is 4.91. The number of carbonyl (C=O) groups excluding carboxylic acids is 3. The molecule has 0 aromatic heterocycles. The summed E-state index contributed by atoms with van der Waals surface area (Å²) in [5, 5.41) is 11.4. The van der Waals surface area contributed by atoms with Crippen molar-refractivity contribution in [3.05, 3.63) is 23.3 Å². The van der Waals surface area contributed by atoms with E-state index in [-0.39, 0.29) is 36.9 Å². The highest BCUT2D eigenvalue weighted by molar-refractivity contribution is 5.92. The van der Waals surface area contributed by atoms with Crippen LogP contribution < -0.4 is 0 Å². The second kappa shape index (κ2) is 7.19. The number of hydrogen-bond acceptors (Lipinski definition) is 5. The number of rotatable bonds is 3. The number of ketones is 2. The molecule has 0 amide bonds. The molecule has 0 radical (unpaired) electrons. The van der Waals surface area contributed by atoms with Crippen molar-refractivity contribution < 1.29 is 24.2 Å². The van der Waals surface area contributed by atoms with Gasteiger partial charge in [-0.15, -0.1) is 0 Å². The molecule has 2 unspecified atom stereocenters. The summed E-state index contributed by atoms with van der Waals surface area (Å²) in [5.41, 5.74) is 0.626. The number of esters is 1. The van der Waals surface area contributed by atoms with Gasteiger partial charge < -0.3 is 9.84 Å². The summed E-state index contributed by atoms with van der Waals surface area (Å²) in [6, 6.07) is 0. The van der Waals surface area contributed by atoms with Gasteiger partial charge in [-0.05, 0) is 56.4 Å². The minimum atomic E-state index is -1.45. The van der Waals surface area contributed by atoms with Crippen LogP contribution in [0.3, 0.4) is 0 Å². The van der Waals surface area contributed by atoms with Crippen molar-refractivity contribution in [3.8, 4) is 0 Å². The maximum absolute atomic E-state index is 12.8. The first kappa shape index (κ1) is 21.9. The largest absolute Gasteiger partial charge is 0.458 e. The highest BCUT2D eigenvalue weighted by atomic mass is 16.5. The molecule has 0 bridgehead atoms. The quantitative estimate of drug-likeness (QED) is 0.571. The summed E-state index contributed by atoms with van der Waals surface area (Å²) in [5.74, 6) is -0.0813. The van der Waals surface area contributed by atoms with Crippen molar-refractivity contribution in [3.63, 3.8) is 0 Å². The second-order valence-corrected chi connectivity index (χ2v) is 9.60. The molecular formula is C24H34O5. The third-order valence-corrected chi connectivity index (χ3v) is 8.36. The van der Waals surface area contributed by atoms with E-state index in [9.17, 15) is 19.5 Å². The molecule has 4 aliphatic carbocycles. The van der Waals surface area contributed by atoms with E-state index in [2.05, 4.69) is 13.0 Å². The Balaban J connectivity index is 0.00000240. The van der Waals surface area contributed by atoms with Crippen molar-refractivity contribution in [1.29, 1.82) is 0 Å². The zero-order valence-electron chi connectivity index (χ0n) is 17.0. The predicted molar refractivity (Wildman–Crippen MR) is 110 cm³/mol. The van der Waals surface area contributed by atoms with Gasteiger partial charge in [-0.2, -0.15) is 0 Å². The molecule has 5 heteroatoms. The third kappa shape index (κ3) is 3.04. The molecular weight excluding hydrogens is 368 g/mol. The summed E-state index contributed by atoms with van der Waals surface area (Å²) >= 11 is 0. The van der Waals surface area contributed by atoms with Crippen LogP contribution in [-0.2, 0) is 19.1 Å². The zero-order chi connectivity index (χ0) is 20.3. The number of ether oxygens (including phenoxy) is 1. The molecule has 1 N–H and O–H groups in total. The van der Waals surface area contributed by atoms with E-state index < -0.39 is 17.0 Å². The van der Waals surface area contributed by atoms with Crippen LogP contribution in [0.2, 0.25) is 0 Å². The van der Waals surface area contributed by atoms with Crippen LogP contribution in [0.25, 0.3) is 0 Å². The van der Waals surface area contributed by atoms with E-state index in [0.29, 0.717) is 25.2 Å². The van der Waals surface area contributed by atoms with Gasteiger partial charge in [0, 0.05) is 24.2 Å². The van der Waals surface area contributed by atoms with Crippen molar-refractivity contribution in [2.75, 3.05) is 6.61 Å². The molecule has 0 aromatic rings. The monoisotopic (exact) mass is 402 g/mol. The average Bonchev–Trinajstić information content (AvgIpc) is 2.92. The summed E-state index contributed by atoms with van der Waals surface area (Å²) in [7, 11) is 0. The van der Waals surface area contributed by atoms with Gasteiger partial charge in [-0.3, -0.25) is 14.4 Å². The SMILES string of the molecule is C.CC(=O)OCC(=O)[C@@]1(O)CCC2C3CCC4=CC(=O)CC[C@]4(C)C3=CC[C@@]21C. The molecule has 0 spiro atoms. The lowest BCUT2D eigenvalue weighted by molar-refractivity contribution is -0.162. The molecule has 0 saturated heterocycles. The highest BCUT2D eigenvalue weighted by Gasteiger charge is 2.64. The van der Waals surface area contributed by atoms with Gasteiger partial charge in [0.05, 0.1) is 0 Å². The van der Waals surface area contributed by atoms with Crippen molar-refractivity contribution >= 4 is 17.5 Å².